The molecule has 2 fully saturated rings. The van der Waals surface area contributed by atoms with E-state index in [-0.39, 0.29) is 6.42 Å². The molecule has 9 atom stereocenters. The van der Waals surface area contributed by atoms with Gasteiger partial charge in [0.25, 0.3) is 0 Å². The van der Waals surface area contributed by atoms with E-state index in [9.17, 15) is 30.0 Å². The number of ether oxygens (including phenoxy) is 4. The number of aliphatic hydroxyl groups is 3. The van der Waals surface area contributed by atoms with Crippen molar-refractivity contribution >= 4 is 11.9 Å². The highest BCUT2D eigenvalue weighted by Crippen LogP contribution is 2.29. The Kier molecular flexibility index (Phi) is 7.51. The van der Waals surface area contributed by atoms with Crippen molar-refractivity contribution in [3.05, 3.63) is 0 Å². The van der Waals surface area contributed by atoms with Crippen LogP contribution in [0.4, 0.5) is 0 Å². The van der Waals surface area contributed by atoms with E-state index in [0.29, 0.717) is 0 Å². The summed E-state index contributed by atoms with van der Waals surface area (Å²) in [5.74, 6) is -1.68. The van der Waals surface area contributed by atoms with Gasteiger partial charge in [0.2, 0.25) is 5.91 Å². The van der Waals surface area contributed by atoms with Gasteiger partial charge in [0.1, 0.15) is 24.4 Å². The molecule has 0 saturated carbocycles. The maximum absolute atomic E-state index is 11.5. The lowest BCUT2D eigenvalue weighted by molar-refractivity contribution is -0.308. The molecule has 5 N–H and O–H groups in total. The number of carbonyl (C=O) groups excluding carboxylic acids is 1. The Morgan fingerprint density at radius 3 is 2.44 bits per heavy atom. The summed E-state index contributed by atoms with van der Waals surface area (Å²) in [5, 5.41) is 42.1. The van der Waals surface area contributed by atoms with Gasteiger partial charge < -0.3 is 44.7 Å². The topological polar surface area (TPSA) is 164 Å². The highest BCUT2D eigenvalue weighted by molar-refractivity contribution is 5.73. The predicted molar refractivity (Wildman–Crippen MR) is 87.6 cm³/mol. The van der Waals surface area contributed by atoms with Crippen molar-refractivity contribution in [2.24, 2.45) is 0 Å². The molecule has 2 heterocycles. The second-order valence-electron chi connectivity index (χ2n) is 6.72. The van der Waals surface area contributed by atoms with Gasteiger partial charge >= 0.3 is 5.97 Å². The molecule has 2 rings (SSSR count). The number of rotatable bonds is 6. The number of amides is 1. The zero-order chi connectivity index (χ0) is 20.3. The first kappa shape index (κ1) is 22.0. The molecule has 0 spiro atoms. The van der Waals surface area contributed by atoms with Crippen molar-refractivity contribution < 1.29 is 49.0 Å². The number of hydrogen-bond donors (Lipinski definition) is 5. The lowest BCUT2D eigenvalue weighted by Gasteiger charge is -2.46. The standard InChI is InChI=1S/C16H27NO10/c1-6-11(17-7(2)19)14(12(21)10(5-18)25-6)27-16-8(20)4-9(24-3)13(26-16)15(22)23/h6,8-14,16,18,20-21H,4-5H2,1-3H3,(H,17,19)(H,22,23)/t6-,8?,9+,10?,11?,12-,13?,14-,16+/m1/s1. The molecule has 0 aromatic rings. The van der Waals surface area contributed by atoms with Gasteiger partial charge in [-0.05, 0) is 6.92 Å². The predicted octanol–water partition coefficient (Wildman–Crippen LogP) is -2.41. The summed E-state index contributed by atoms with van der Waals surface area (Å²) < 4.78 is 21.6. The van der Waals surface area contributed by atoms with Crippen LogP contribution >= 0.6 is 0 Å². The summed E-state index contributed by atoms with van der Waals surface area (Å²) >= 11 is 0. The molecular weight excluding hydrogens is 366 g/mol. The van der Waals surface area contributed by atoms with E-state index in [1.165, 1.54) is 14.0 Å². The average Bonchev–Trinajstić information content (AvgIpc) is 2.61. The van der Waals surface area contributed by atoms with E-state index in [0.717, 1.165) is 0 Å². The summed E-state index contributed by atoms with van der Waals surface area (Å²) in [4.78, 5) is 22.9. The molecule has 4 unspecified atom stereocenters. The molecule has 2 aliphatic rings. The van der Waals surface area contributed by atoms with Crippen LogP contribution in [0.1, 0.15) is 20.3 Å². The zero-order valence-electron chi connectivity index (χ0n) is 15.3. The minimum absolute atomic E-state index is 0.0543. The van der Waals surface area contributed by atoms with Crippen molar-refractivity contribution in [3.63, 3.8) is 0 Å². The lowest BCUT2D eigenvalue weighted by atomic mass is 9.92. The van der Waals surface area contributed by atoms with E-state index in [1.807, 2.05) is 0 Å². The molecule has 11 heteroatoms. The number of carbonyl (C=O) groups is 2. The fourth-order valence-corrected chi connectivity index (χ4v) is 3.39. The maximum Gasteiger partial charge on any atom is 0.335 e. The van der Waals surface area contributed by atoms with Gasteiger partial charge in [0.15, 0.2) is 12.4 Å². The van der Waals surface area contributed by atoms with Crippen LogP contribution in [-0.2, 0) is 28.5 Å². The molecule has 0 aromatic heterocycles. The number of hydrogen-bond acceptors (Lipinski definition) is 9. The summed E-state index contributed by atoms with van der Waals surface area (Å²) in [7, 11) is 1.31. The number of carboxylic acid groups (broad SMARTS) is 1. The van der Waals surface area contributed by atoms with Crippen LogP contribution in [0.15, 0.2) is 0 Å². The van der Waals surface area contributed by atoms with Crippen molar-refractivity contribution in [2.75, 3.05) is 13.7 Å². The normalized spacial score (nSPS) is 42.5. The van der Waals surface area contributed by atoms with Crippen LogP contribution in [0.3, 0.4) is 0 Å². The number of nitrogens with one attached hydrogen (secondary N) is 1. The molecule has 0 aliphatic carbocycles. The van der Waals surface area contributed by atoms with Crippen LogP contribution in [0, 0.1) is 0 Å². The SMILES string of the molecule is CO[C@H]1CC(O)[C@H](O[C@@H]2C(NC(C)=O)[C@@H](C)OC(CO)[C@H]2O)OC1C(=O)O. The van der Waals surface area contributed by atoms with Gasteiger partial charge in [0.05, 0.1) is 24.9 Å². The second-order valence-corrected chi connectivity index (χ2v) is 6.72. The van der Waals surface area contributed by atoms with Crippen LogP contribution in [0.25, 0.3) is 0 Å². The molecule has 11 nitrogen and oxygen atoms in total. The first-order chi connectivity index (χ1) is 12.7. The Morgan fingerprint density at radius 1 is 1.26 bits per heavy atom. The fraction of sp³-hybridized carbons (Fsp3) is 0.875. The monoisotopic (exact) mass is 393 g/mol. The van der Waals surface area contributed by atoms with Crippen LogP contribution in [0.5, 0.6) is 0 Å². The van der Waals surface area contributed by atoms with Gasteiger partial charge in [-0.2, -0.15) is 0 Å². The third-order valence-corrected chi connectivity index (χ3v) is 4.76. The summed E-state index contributed by atoms with van der Waals surface area (Å²) in [6, 6.07) is -0.806. The Bertz CT molecular complexity index is 531. The van der Waals surface area contributed by atoms with Crippen LogP contribution < -0.4 is 5.32 Å². The van der Waals surface area contributed by atoms with Crippen molar-refractivity contribution in [3.8, 4) is 0 Å². The third kappa shape index (κ3) is 4.93. The molecule has 2 saturated heterocycles. The van der Waals surface area contributed by atoms with Gasteiger partial charge in [-0.25, -0.2) is 4.79 Å². The first-order valence-corrected chi connectivity index (χ1v) is 8.65. The Labute approximate surface area is 156 Å². The minimum atomic E-state index is -1.38. The Morgan fingerprint density at radius 2 is 1.93 bits per heavy atom. The smallest absolute Gasteiger partial charge is 0.335 e. The zero-order valence-corrected chi connectivity index (χ0v) is 15.3. The number of carboxylic acids is 1. The largest absolute Gasteiger partial charge is 0.479 e. The third-order valence-electron chi connectivity index (χ3n) is 4.76. The number of aliphatic carboxylic acids is 1. The van der Waals surface area contributed by atoms with E-state index in [4.69, 9.17) is 18.9 Å². The van der Waals surface area contributed by atoms with Gasteiger partial charge in [0, 0.05) is 20.5 Å². The quantitative estimate of drug-likeness (QED) is 0.328. The van der Waals surface area contributed by atoms with Gasteiger partial charge in [-0.15, -0.1) is 0 Å². The molecule has 2 aliphatic heterocycles. The van der Waals surface area contributed by atoms with Crippen molar-refractivity contribution in [1.82, 2.24) is 5.32 Å². The summed E-state index contributed by atoms with van der Waals surface area (Å²) in [6.07, 6.45) is -8.94. The fourth-order valence-electron chi connectivity index (χ4n) is 3.39. The molecular formula is C16H27NO10. The van der Waals surface area contributed by atoms with Crippen LogP contribution in [-0.4, -0.2) is 101 Å². The molecule has 0 aromatic carbocycles. The van der Waals surface area contributed by atoms with E-state index < -0.39 is 73.5 Å². The first-order valence-electron chi connectivity index (χ1n) is 8.65. The summed E-state index contributed by atoms with van der Waals surface area (Å²) in [6.45, 7) is 2.42. The molecule has 27 heavy (non-hydrogen) atoms. The molecule has 156 valence electrons. The minimum Gasteiger partial charge on any atom is -0.479 e. The van der Waals surface area contributed by atoms with Crippen LogP contribution in [0.2, 0.25) is 0 Å². The molecule has 0 bridgehead atoms. The van der Waals surface area contributed by atoms with Crippen molar-refractivity contribution in [2.45, 2.75) is 75.3 Å². The van der Waals surface area contributed by atoms with E-state index >= 15 is 0 Å². The van der Waals surface area contributed by atoms with Crippen molar-refractivity contribution in [1.29, 1.82) is 0 Å². The number of aliphatic hydroxyl groups excluding tert-OH is 3. The Hall–Kier alpha value is -1.34. The van der Waals surface area contributed by atoms with E-state index in [2.05, 4.69) is 5.32 Å². The highest BCUT2D eigenvalue weighted by atomic mass is 16.7. The average molecular weight is 393 g/mol. The summed E-state index contributed by atoms with van der Waals surface area (Å²) in [5.41, 5.74) is 0. The second kappa shape index (κ2) is 9.24. The molecule has 1 amide bonds. The number of methoxy groups -OCH3 is 1. The van der Waals surface area contributed by atoms with Gasteiger partial charge in [-0.3, -0.25) is 4.79 Å². The lowest BCUT2D eigenvalue weighted by Crippen LogP contribution is -2.66. The van der Waals surface area contributed by atoms with E-state index in [1.54, 1.807) is 6.92 Å². The van der Waals surface area contributed by atoms with Gasteiger partial charge in [-0.1, -0.05) is 0 Å². The Balaban J connectivity index is 2.21. The molecule has 0 radical (unpaired) electrons. The highest BCUT2D eigenvalue weighted by Gasteiger charge is 2.49. The maximum atomic E-state index is 11.5.